The Morgan fingerprint density at radius 1 is 0.692 bits per heavy atom. The van der Waals surface area contributed by atoms with E-state index < -0.39 is 28.3 Å². The molecule has 2 unspecified atom stereocenters. The summed E-state index contributed by atoms with van der Waals surface area (Å²) in [6.45, 7) is 10.2. The van der Waals surface area contributed by atoms with E-state index in [4.69, 9.17) is 0 Å². The predicted molar refractivity (Wildman–Crippen MR) is 113 cm³/mol. The molecule has 0 saturated carbocycles. The molecule has 0 saturated heterocycles. The molecule has 3 aliphatic rings. The van der Waals surface area contributed by atoms with E-state index in [1.807, 2.05) is 0 Å². The van der Waals surface area contributed by atoms with Crippen molar-refractivity contribution in [1.29, 1.82) is 0 Å². The third-order valence-corrected chi connectivity index (χ3v) is 22.3. The van der Waals surface area contributed by atoms with Crippen LogP contribution in [-0.4, -0.2) is 8.07 Å². The summed E-state index contributed by atoms with van der Waals surface area (Å²) < 4.78 is 6.90. The van der Waals surface area contributed by atoms with Gasteiger partial charge in [-0.3, -0.25) is 0 Å². The van der Waals surface area contributed by atoms with Crippen LogP contribution in [0, 0.1) is 0 Å². The molecule has 1 aliphatic heterocycles. The normalized spacial score (nSPS) is 27.2. The van der Waals surface area contributed by atoms with Crippen LogP contribution in [0.4, 0.5) is 0 Å². The van der Waals surface area contributed by atoms with Gasteiger partial charge in [0.2, 0.25) is 0 Å². The molecule has 132 valence electrons. The third-order valence-electron chi connectivity index (χ3n) is 7.47. The standard InChI is InChI=1S/C22H22Si.2CH3.Zr/c1-15-13-17-9-5-7-11-19(17)21(15)23(3,4)22-16(2)14-18-10-6-8-12-20(18)22;;;/h5-14H,1-4H3;2*1H3;. The van der Waals surface area contributed by atoms with Gasteiger partial charge in [0.1, 0.15) is 0 Å². The van der Waals surface area contributed by atoms with Gasteiger partial charge in [0.25, 0.3) is 0 Å². The van der Waals surface area contributed by atoms with Crippen molar-refractivity contribution in [1.82, 2.24) is 0 Å². The van der Waals surface area contributed by atoms with E-state index in [9.17, 15) is 0 Å². The van der Waals surface area contributed by atoms with E-state index in [-0.39, 0.29) is 0 Å². The second-order valence-electron chi connectivity index (χ2n) is 9.60. The van der Waals surface area contributed by atoms with Crippen LogP contribution in [0.1, 0.15) is 43.4 Å². The number of hydrogen-bond donors (Lipinski definition) is 0. The van der Waals surface area contributed by atoms with Crippen LogP contribution in [-0.2, 0) is 20.3 Å². The molecule has 4 bridgehead atoms. The van der Waals surface area contributed by atoms with Crippen LogP contribution < -0.4 is 0 Å². The number of fused-ring (bicyclic) bond motifs is 8. The average molecular weight is 436 g/mol. The SMILES string of the molecule is CC1=C2c3ccccc3[CH]1[Zr]([CH3])([CH3])[CH]1C(C)=C(c3ccccc31)[Si]2(C)C. The summed E-state index contributed by atoms with van der Waals surface area (Å²) in [4.78, 5) is 0. The van der Waals surface area contributed by atoms with E-state index in [2.05, 4.69) is 84.7 Å². The van der Waals surface area contributed by atoms with E-state index >= 15 is 0 Å². The van der Waals surface area contributed by atoms with Crippen LogP contribution in [0.3, 0.4) is 0 Å². The monoisotopic (exact) mass is 434 g/mol. The molecule has 2 heteroatoms. The molecule has 0 amide bonds. The van der Waals surface area contributed by atoms with Gasteiger partial charge in [0.05, 0.1) is 0 Å². The summed E-state index contributed by atoms with van der Waals surface area (Å²) in [6.07, 6.45) is 0. The molecule has 0 aromatic heterocycles. The second-order valence-corrected chi connectivity index (χ2v) is 25.6. The van der Waals surface area contributed by atoms with Crippen molar-refractivity contribution >= 4 is 18.5 Å². The molecule has 26 heavy (non-hydrogen) atoms. The fraction of sp³-hybridized carbons (Fsp3) is 0.333. The first-order valence-corrected chi connectivity index (χ1v) is 20.6. The van der Waals surface area contributed by atoms with Gasteiger partial charge in [-0.05, 0) is 0 Å². The molecule has 2 atom stereocenters. The maximum atomic E-state index is 2.72. The van der Waals surface area contributed by atoms with Gasteiger partial charge in [-0.1, -0.05) is 0 Å². The Hall–Kier alpha value is -0.980. The minimum absolute atomic E-state index is 0.731. The molecular formula is C24H28SiZr. The molecular weight excluding hydrogens is 408 g/mol. The Morgan fingerprint density at radius 2 is 1.08 bits per heavy atom. The fourth-order valence-corrected chi connectivity index (χ4v) is 24.2. The molecule has 0 nitrogen and oxygen atoms in total. The van der Waals surface area contributed by atoms with E-state index in [1.54, 1.807) is 43.8 Å². The Labute approximate surface area is 163 Å². The number of benzene rings is 2. The Bertz CT molecular complexity index is 943. The molecule has 5 rings (SSSR count). The molecule has 0 fully saturated rings. The van der Waals surface area contributed by atoms with Gasteiger partial charge in [-0.25, -0.2) is 0 Å². The number of allylic oxidation sites excluding steroid dienone is 2. The number of hydrogen-bond acceptors (Lipinski definition) is 0. The maximum absolute atomic E-state index is 2.72. The van der Waals surface area contributed by atoms with Crippen LogP contribution in [0.15, 0.2) is 59.7 Å². The zero-order chi connectivity index (χ0) is 18.4. The van der Waals surface area contributed by atoms with Gasteiger partial charge < -0.3 is 0 Å². The summed E-state index contributed by atoms with van der Waals surface area (Å²) in [5, 5.41) is 3.51. The van der Waals surface area contributed by atoms with Crippen molar-refractivity contribution in [2.75, 3.05) is 0 Å². The minimum atomic E-state index is -2.56. The van der Waals surface area contributed by atoms with Gasteiger partial charge in [-0.2, -0.15) is 0 Å². The summed E-state index contributed by atoms with van der Waals surface area (Å²) >= 11 is -2.56. The first-order chi connectivity index (χ1) is 12.3. The first-order valence-electron chi connectivity index (χ1n) is 9.89. The van der Waals surface area contributed by atoms with Crippen LogP contribution >= 0.6 is 0 Å². The fourth-order valence-electron chi connectivity index (χ4n) is 7.00. The Kier molecular flexibility index (Phi) is 3.49. The van der Waals surface area contributed by atoms with Gasteiger partial charge >= 0.3 is 164 Å². The molecule has 0 spiro atoms. The second kappa shape index (κ2) is 5.30. The van der Waals surface area contributed by atoms with Gasteiger partial charge in [0, 0.05) is 0 Å². The van der Waals surface area contributed by atoms with Crippen molar-refractivity contribution in [3.05, 3.63) is 81.9 Å². The first kappa shape index (κ1) is 17.1. The molecule has 2 aromatic carbocycles. The van der Waals surface area contributed by atoms with Crippen LogP contribution in [0.5, 0.6) is 0 Å². The Balaban J connectivity index is 1.93. The number of rotatable bonds is 0. The van der Waals surface area contributed by atoms with Crippen molar-refractivity contribution in [2.45, 2.75) is 43.5 Å². The molecule has 2 aliphatic carbocycles. The van der Waals surface area contributed by atoms with E-state index in [0.29, 0.717) is 0 Å². The van der Waals surface area contributed by atoms with Crippen molar-refractivity contribution < 1.29 is 20.3 Å². The van der Waals surface area contributed by atoms with Crippen molar-refractivity contribution in [2.24, 2.45) is 0 Å². The summed E-state index contributed by atoms with van der Waals surface area (Å²) in [5.41, 5.74) is 10.0. The topological polar surface area (TPSA) is 0 Å². The molecule has 1 heterocycles. The van der Waals surface area contributed by atoms with E-state index in [0.717, 1.165) is 7.25 Å². The Morgan fingerprint density at radius 3 is 1.50 bits per heavy atom. The van der Waals surface area contributed by atoms with Crippen molar-refractivity contribution in [3.63, 3.8) is 0 Å². The summed E-state index contributed by atoms with van der Waals surface area (Å²) in [5.74, 6) is 0. The summed E-state index contributed by atoms with van der Waals surface area (Å²) in [6, 6.07) is 18.8. The molecule has 0 radical (unpaired) electrons. The van der Waals surface area contributed by atoms with Crippen molar-refractivity contribution in [3.8, 4) is 0 Å². The summed E-state index contributed by atoms with van der Waals surface area (Å²) in [7, 11) is -1.75. The predicted octanol–water partition coefficient (Wildman–Crippen LogP) is 7.09. The quantitative estimate of drug-likeness (QED) is 0.387. The zero-order valence-corrected chi connectivity index (χ0v) is 20.2. The third kappa shape index (κ3) is 1.88. The zero-order valence-electron chi connectivity index (χ0n) is 16.8. The van der Waals surface area contributed by atoms with Gasteiger partial charge in [-0.15, -0.1) is 0 Å². The molecule has 0 N–H and O–H groups in total. The van der Waals surface area contributed by atoms with Gasteiger partial charge in [0.15, 0.2) is 0 Å². The van der Waals surface area contributed by atoms with Crippen LogP contribution in [0.2, 0.25) is 22.4 Å². The molecule has 2 aromatic rings. The average Bonchev–Trinajstić information content (AvgIpc) is 3.06. The van der Waals surface area contributed by atoms with Crippen LogP contribution in [0.25, 0.3) is 10.4 Å². The van der Waals surface area contributed by atoms with E-state index in [1.165, 1.54) is 0 Å².